The molecule has 1 unspecified atom stereocenters. The lowest BCUT2D eigenvalue weighted by Gasteiger charge is -2.26. The van der Waals surface area contributed by atoms with Gasteiger partial charge in [0.2, 0.25) is 5.91 Å². The zero-order valence-electron chi connectivity index (χ0n) is 10.5. The van der Waals surface area contributed by atoms with Crippen molar-refractivity contribution in [3.05, 3.63) is 35.9 Å². The van der Waals surface area contributed by atoms with Crippen molar-refractivity contribution in [2.75, 3.05) is 26.2 Å². The Morgan fingerprint density at radius 2 is 1.95 bits per heavy atom. The van der Waals surface area contributed by atoms with E-state index in [2.05, 4.69) is 0 Å². The summed E-state index contributed by atoms with van der Waals surface area (Å²) in [5.74, 6) is -1.14. The monoisotopic (exact) mass is 272 g/mol. The fourth-order valence-corrected chi connectivity index (χ4v) is 1.86. The molecule has 0 radical (unpaired) electrons. The second-order valence-corrected chi connectivity index (χ2v) is 4.10. The number of aliphatic hydroxyl groups excluding tert-OH is 1. The molecule has 0 saturated heterocycles. The summed E-state index contributed by atoms with van der Waals surface area (Å²) in [4.78, 5) is 13.2. The fourth-order valence-electron chi connectivity index (χ4n) is 1.86. The van der Waals surface area contributed by atoms with E-state index in [-0.39, 0.29) is 19.7 Å². The van der Waals surface area contributed by atoms with Gasteiger partial charge in [-0.3, -0.25) is 4.79 Å². The van der Waals surface area contributed by atoms with E-state index in [1.165, 1.54) is 0 Å². The number of carbonyl (C=O) groups excluding carboxylic acids is 1. The van der Waals surface area contributed by atoms with Crippen molar-refractivity contribution in [2.45, 2.75) is 12.3 Å². The first-order valence-corrected chi connectivity index (χ1v) is 6.03. The molecule has 0 aliphatic rings. The first-order chi connectivity index (χ1) is 9.10. The Morgan fingerprint density at radius 1 is 1.32 bits per heavy atom. The molecule has 1 rings (SSSR count). The van der Waals surface area contributed by atoms with Crippen LogP contribution in [0, 0.1) is 0 Å². The van der Waals surface area contributed by atoms with Crippen LogP contribution >= 0.6 is 0 Å². The number of hydrogen-bond acceptors (Lipinski definition) is 3. The van der Waals surface area contributed by atoms with Gasteiger partial charge in [0.05, 0.1) is 19.1 Å². The van der Waals surface area contributed by atoms with Gasteiger partial charge in [0.1, 0.15) is 0 Å². The van der Waals surface area contributed by atoms with Crippen LogP contribution in [0.4, 0.5) is 8.78 Å². The van der Waals surface area contributed by atoms with Gasteiger partial charge in [-0.05, 0) is 5.56 Å². The maximum absolute atomic E-state index is 12.4. The molecule has 0 spiro atoms. The summed E-state index contributed by atoms with van der Waals surface area (Å²) in [5.41, 5.74) is 6.26. The maximum Gasteiger partial charge on any atom is 0.255 e. The van der Waals surface area contributed by atoms with E-state index in [1.54, 1.807) is 30.3 Å². The molecule has 6 heteroatoms. The highest BCUT2D eigenvalue weighted by atomic mass is 19.3. The summed E-state index contributed by atoms with van der Waals surface area (Å²) in [6, 6.07) is 8.78. The van der Waals surface area contributed by atoms with Gasteiger partial charge < -0.3 is 15.7 Å². The van der Waals surface area contributed by atoms with Crippen molar-refractivity contribution < 1.29 is 18.7 Å². The van der Waals surface area contributed by atoms with Crippen LogP contribution in [-0.4, -0.2) is 48.6 Å². The lowest BCUT2D eigenvalue weighted by atomic mass is 9.97. The quantitative estimate of drug-likeness (QED) is 0.772. The van der Waals surface area contributed by atoms with E-state index >= 15 is 0 Å². The highest BCUT2D eigenvalue weighted by molar-refractivity contribution is 5.84. The summed E-state index contributed by atoms with van der Waals surface area (Å²) in [7, 11) is 0. The molecule has 0 aliphatic carbocycles. The number of hydrogen-bond donors (Lipinski definition) is 2. The van der Waals surface area contributed by atoms with E-state index in [4.69, 9.17) is 10.8 Å². The zero-order valence-corrected chi connectivity index (χ0v) is 10.5. The average Bonchev–Trinajstić information content (AvgIpc) is 2.39. The number of alkyl halides is 2. The van der Waals surface area contributed by atoms with Crippen LogP contribution < -0.4 is 5.73 Å². The first-order valence-electron chi connectivity index (χ1n) is 6.03. The third-order valence-electron chi connectivity index (χ3n) is 2.78. The molecule has 3 N–H and O–H groups in total. The van der Waals surface area contributed by atoms with Gasteiger partial charge in [0, 0.05) is 13.1 Å². The molecule has 1 aromatic carbocycles. The lowest BCUT2D eigenvalue weighted by molar-refractivity contribution is -0.135. The van der Waals surface area contributed by atoms with Crippen LogP contribution in [0.15, 0.2) is 30.3 Å². The van der Waals surface area contributed by atoms with Crippen LogP contribution in [0.25, 0.3) is 0 Å². The molecular weight excluding hydrogens is 254 g/mol. The topological polar surface area (TPSA) is 66.6 Å². The van der Waals surface area contributed by atoms with Crippen LogP contribution in [0.5, 0.6) is 0 Å². The molecule has 0 aromatic heterocycles. The summed E-state index contributed by atoms with van der Waals surface area (Å²) in [6.45, 7) is -1.13. The predicted molar refractivity (Wildman–Crippen MR) is 67.9 cm³/mol. The number of nitrogens with zero attached hydrogens (tertiary/aromatic N) is 1. The van der Waals surface area contributed by atoms with E-state index in [1.807, 2.05) is 0 Å². The number of carbonyl (C=O) groups is 1. The standard InChI is InChI=1S/C13H18F2N2O2/c14-12(15)9-17(6-7-18)13(19)11(8-16)10-4-2-1-3-5-10/h1-5,11-12,18H,6-9,16H2. The van der Waals surface area contributed by atoms with Crippen LogP contribution in [0.2, 0.25) is 0 Å². The van der Waals surface area contributed by atoms with Crippen molar-refractivity contribution in [1.29, 1.82) is 0 Å². The van der Waals surface area contributed by atoms with Gasteiger partial charge in [0.25, 0.3) is 6.43 Å². The lowest BCUT2D eigenvalue weighted by Crippen LogP contribution is -2.42. The average molecular weight is 272 g/mol. The molecule has 106 valence electrons. The van der Waals surface area contributed by atoms with Gasteiger partial charge in [-0.1, -0.05) is 30.3 Å². The first kappa shape index (κ1) is 15.5. The van der Waals surface area contributed by atoms with Gasteiger partial charge >= 0.3 is 0 Å². The third-order valence-corrected chi connectivity index (χ3v) is 2.78. The Labute approximate surface area is 110 Å². The van der Waals surface area contributed by atoms with Crippen molar-refractivity contribution >= 4 is 5.91 Å². The van der Waals surface area contributed by atoms with Gasteiger partial charge in [-0.2, -0.15) is 0 Å². The zero-order chi connectivity index (χ0) is 14.3. The number of nitrogens with two attached hydrogens (primary N) is 1. The molecule has 0 aliphatic heterocycles. The van der Waals surface area contributed by atoms with E-state index in [0.29, 0.717) is 5.56 Å². The third kappa shape index (κ3) is 4.57. The second-order valence-electron chi connectivity index (χ2n) is 4.10. The van der Waals surface area contributed by atoms with Gasteiger partial charge in [-0.15, -0.1) is 0 Å². The fraction of sp³-hybridized carbons (Fsp3) is 0.462. The van der Waals surface area contributed by atoms with Crippen molar-refractivity contribution in [3.8, 4) is 0 Å². The predicted octanol–water partition coefficient (Wildman–Crippen LogP) is 0.815. The van der Waals surface area contributed by atoms with Crippen LogP contribution in [0.1, 0.15) is 11.5 Å². The van der Waals surface area contributed by atoms with Crippen LogP contribution in [0.3, 0.4) is 0 Å². The highest BCUT2D eigenvalue weighted by Gasteiger charge is 2.26. The number of rotatable bonds is 7. The molecule has 19 heavy (non-hydrogen) atoms. The number of amides is 1. The molecule has 0 bridgehead atoms. The Hall–Kier alpha value is -1.53. The molecule has 0 fully saturated rings. The Morgan fingerprint density at radius 3 is 2.42 bits per heavy atom. The summed E-state index contributed by atoms with van der Waals surface area (Å²) >= 11 is 0. The summed E-state index contributed by atoms with van der Waals surface area (Å²) in [5, 5.41) is 8.85. The van der Waals surface area contributed by atoms with Crippen molar-refractivity contribution in [2.24, 2.45) is 5.73 Å². The molecule has 4 nitrogen and oxygen atoms in total. The van der Waals surface area contributed by atoms with E-state index in [9.17, 15) is 13.6 Å². The minimum absolute atomic E-state index is 0.0357. The smallest absolute Gasteiger partial charge is 0.255 e. The highest BCUT2D eigenvalue weighted by Crippen LogP contribution is 2.17. The van der Waals surface area contributed by atoms with E-state index < -0.39 is 24.8 Å². The second kappa shape index (κ2) is 7.81. The minimum atomic E-state index is -2.63. The number of benzene rings is 1. The number of aliphatic hydroxyl groups is 1. The van der Waals surface area contributed by atoms with Crippen molar-refractivity contribution in [1.82, 2.24) is 4.90 Å². The molecule has 0 heterocycles. The molecule has 0 saturated carbocycles. The van der Waals surface area contributed by atoms with E-state index in [0.717, 1.165) is 4.90 Å². The largest absolute Gasteiger partial charge is 0.395 e. The molecular formula is C13H18F2N2O2. The van der Waals surface area contributed by atoms with Crippen LogP contribution in [-0.2, 0) is 4.79 Å². The molecule has 1 atom stereocenters. The SMILES string of the molecule is NCC(C(=O)N(CCO)CC(F)F)c1ccccc1. The Bertz CT molecular complexity index is 387. The Kier molecular flexibility index (Phi) is 6.38. The number of halogens is 2. The molecule has 1 aromatic rings. The van der Waals surface area contributed by atoms with Crippen molar-refractivity contribution in [3.63, 3.8) is 0 Å². The summed E-state index contributed by atoms with van der Waals surface area (Å²) < 4.78 is 24.9. The van der Waals surface area contributed by atoms with Gasteiger partial charge in [0.15, 0.2) is 0 Å². The maximum atomic E-state index is 12.4. The minimum Gasteiger partial charge on any atom is -0.395 e. The Balaban J connectivity index is 2.86. The molecule has 1 amide bonds. The normalized spacial score (nSPS) is 12.5. The van der Waals surface area contributed by atoms with Gasteiger partial charge in [-0.25, -0.2) is 8.78 Å². The summed E-state index contributed by atoms with van der Waals surface area (Å²) in [6.07, 6.45) is -2.63.